The fraction of sp³-hybridized carbons (Fsp3) is 0.500. The average Bonchev–Trinajstić information content (AvgIpc) is 3.07. The molecule has 2 aliphatic heterocycles. The summed E-state index contributed by atoms with van der Waals surface area (Å²) >= 11 is 6.12. The smallest absolute Gasteiger partial charge is 0.231 e. The number of ether oxygens (including phenoxy) is 2. The summed E-state index contributed by atoms with van der Waals surface area (Å²) in [7, 11) is 0. The zero-order valence-corrected chi connectivity index (χ0v) is 11.8. The van der Waals surface area contributed by atoms with Crippen molar-refractivity contribution >= 4 is 23.2 Å². The van der Waals surface area contributed by atoms with Gasteiger partial charge in [0.25, 0.3) is 0 Å². The van der Waals surface area contributed by atoms with Crippen LogP contribution in [0, 0.1) is 5.92 Å². The van der Waals surface area contributed by atoms with Crippen LogP contribution in [0.2, 0.25) is 5.02 Å². The molecule has 3 rings (SSSR count). The van der Waals surface area contributed by atoms with E-state index in [0.717, 1.165) is 25.9 Å². The maximum atomic E-state index is 12.0. The quantitative estimate of drug-likeness (QED) is 0.896. The predicted octanol–water partition coefficient (Wildman–Crippen LogP) is 2.40. The highest BCUT2D eigenvalue weighted by molar-refractivity contribution is 6.34. The minimum absolute atomic E-state index is 0.0161. The van der Waals surface area contributed by atoms with E-state index in [4.69, 9.17) is 21.1 Å². The Bertz CT molecular complexity index is 515. The van der Waals surface area contributed by atoms with Gasteiger partial charge in [0.05, 0.1) is 10.7 Å². The Morgan fingerprint density at radius 1 is 1.40 bits per heavy atom. The van der Waals surface area contributed by atoms with Gasteiger partial charge in [0, 0.05) is 18.6 Å². The fourth-order valence-corrected chi connectivity index (χ4v) is 2.72. The Hall–Kier alpha value is -1.46. The van der Waals surface area contributed by atoms with Crippen LogP contribution in [0.25, 0.3) is 0 Å². The molecule has 0 aromatic heterocycles. The Labute approximate surface area is 122 Å². The van der Waals surface area contributed by atoms with Crippen LogP contribution in [0.15, 0.2) is 12.1 Å². The van der Waals surface area contributed by atoms with Crippen LogP contribution >= 0.6 is 11.6 Å². The lowest BCUT2D eigenvalue weighted by Crippen LogP contribution is -2.15. The van der Waals surface area contributed by atoms with Crippen molar-refractivity contribution in [1.82, 2.24) is 5.32 Å². The molecule has 1 amide bonds. The second-order valence-corrected chi connectivity index (χ2v) is 5.54. The second kappa shape index (κ2) is 5.89. The van der Waals surface area contributed by atoms with Crippen molar-refractivity contribution in [1.29, 1.82) is 0 Å². The molecule has 108 valence electrons. The molecule has 2 aliphatic rings. The second-order valence-electron chi connectivity index (χ2n) is 5.13. The summed E-state index contributed by atoms with van der Waals surface area (Å²) in [5.74, 6) is 1.82. The fourth-order valence-electron chi connectivity index (χ4n) is 2.52. The number of carbonyl (C=O) groups is 1. The molecule has 0 bridgehead atoms. The summed E-state index contributed by atoms with van der Waals surface area (Å²) in [4.78, 5) is 12.0. The van der Waals surface area contributed by atoms with Gasteiger partial charge in [0.1, 0.15) is 0 Å². The molecule has 1 atom stereocenters. The monoisotopic (exact) mass is 296 g/mol. The summed E-state index contributed by atoms with van der Waals surface area (Å²) in [6, 6.07) is 3.38. The van der Waals surface area contributed by atoms with E-state index in [1.54, 1.807) is 12.1 Å². The molecular formula is C14H17ClN2O3. The van der Waals surface area contributed by atoms with Crippen LogP contribution in [0.3, 0.4) is 0 Å². The number of hydrogen-bond donors (Lipinski definition) is 2. The van der Waals surface area contributed by atoms with Crippen LogP contribution in [0.1, 0.15) is 19.3 Å². The molecule has 0 spiro atoms. The third-order valence-electron chi connectivity index (χ3n) is 3.68. The molecule has 1 unspecified atom stereocenters. The molecule has 1 aromatic rings. The summed E-state index contributed by atoms with van der Waals surface area (Å²) in [5.41, 5.74) is 0.575. The maximum Gasteiger partial charge on any atom is 0.231 e. The molecule has 20 heavy (non-hydrogen) atoms. The summed E-state index contributed by atoms with van der Waals surface area (Å²) < 4.78 is 10.5. The molecule has 0 saturated carbocycles. The number of nitrogens with one attached hydrogen (secondary N) is 2. The van der Waals surface area contributed by atoms with Crippen molar-refractivity contribution in [2.24, 2.45) is 5.92 Å². The number of benzene rings is 1. The zero-order valence-electron chi connectivity index (χ0n) is 11.1. The molecule has 1 fully saturated rings. The molecule has 6 heteroatoms. The zero-order chi connectivity index (χ0) is 13.9. The summed E-state index contributed by atoms with van der Waals surface area (Å²) in [6.45, 7) is 2.26. The minimum Gasteiger partial charge on any atom is -0.454 e. The minimum atomic E-state index is -0.0161. The number of hydrogen-bond acceptors (Lipinski definition) is 4. The molecule has 0 radical (unpaired) electrons. The highest BCUT2D eigenvalue weighted by atomic mass is 35.5. The van der Waals surface area contributed by atoms with Crippen LogP contribution in [0.5, 0.6) is 11.5 Å². The van der Waals surface area contributed by atoms with E-state index in [1.165, 1.54) is 0 Å². The molecule has 2 heterocycles. The SMILES string of the molecule is O=C(CCC1CCNC1)Nc1cc2c(cc1Cl)OCO2. The number of carbonyl (C=O) groups excluding carboxylic acids is 1. The van der Waals surface area contributed by atoms with Gasteiger partial charge in [-0.25, -0.2) is 0 Å². The van der Waals surface area contributed by atoms with E-state index in [0.29, 0.717) is 34.5 Å². The van der Waals surface area contributed by atoms with Crippen molar-refractivity contribution in [2.75, 3.05) is 25.2 Å². The van der Waals surface area contributed by atoms with Gasteiger partial charge in [-0.2, -0.15) is 0 Å². The maximum absolute atomic E-state index is 12.0. The highest BCUT2D eigenvalue weighted by Crippen LogP contribution is 2.39. The van der Waals surface area contributed by atoms with Crippen LogP contribution in [-0.2, 0) is 4.79 Å². The molecule has 1 saturated heterocycles. The topological polar surface area (TPSA) is 59.6 Å². The predicted molar refractivity (Wildman–Crippen MR) is 76.4 cm³/mol. The lowest BCUT2D eigenvalue weighted by Gasteiger charge is -2.10. The molecular weight excluding hydrogens is 280 g/mol. The van der Waals surface area contributed by atoms with Gasteiger partial charge in [-0.1, -0.05) is 11.6 Å². The normalized spacial score (nSPS) is 20.1. The summed E-state index contributed by atoms with van der Waals surface area (Å²) in [5, 5.41) is 6.60. The third-order valence-corrected chi connectivity index (χ3v) is 3.99. The van der Waals surface area contributed by atoms with E-state index in [1.807, 2.05) is 0 Å². The first kappa shape index (κ1) is 13.5. The van der Waals surface area contributed by atoms with Gasteiger partial charge < -0.3 is 20.1 Å². The number of fused-ring (bicyclic) bond motifs is 1. The van der Waals surface area contributed by atoms with Crippen LogP contribution in [-0.4, -0.2) is 25.8 Å². The van der Waals surface area contributed by atoms with Gasteiger partial charge in [-0.05, 0) is 31.8 Å². The summed E-state index contributed by atoms with van der Waals surface area (Å²) in [6.07, 6.45) is 2.57. The standard InChI is InChI=1S/C14H17ClN2O3/c15-10-5-12-13(20-8-19-12)6-11(10)17-14(18)2-1-9-3-4-16-7-9/h5-6,9,16H,1-4,7-8H2,(H,17,18). The highest BCUT2D eigenvalue weighted by Gasteiger charge is 2.19. The third kappa shape index (κ3) is 2.99. The van der Waals surface area contributed by atoms with Crippen molar-refractivity contribution in [3.63, 3.8) is 0 Å². The average molecular weight is 297 g/mol. The molecule has 2 N–H and O–H groups in total. The van der Waals surface area contributed by atoms with E-state index in [9.17, 15) is 4.79 Å². The van der Waals surface area contributed by atoms with Crippen LogP contribution in [0.4, 0.5) is 5.69 Å². The van der Waals surface area contributed by atoms with Crippen molar-refractivity contribution in [2.45, 2.75) is 19.3 Å². The van der Waals surface area contributed by atoms with Crippen LogP contribution < -0.4 is 20.1 Å². The Morgan fingerprint density at radius 2 is 2.20 bits per heavy atom. The number of amides is 1. The Morgan fingerprint density at radius 3 is 2.95 bits per heavy atom. The number of rotatable bonds is 4. The van der Waals surface area contributed by atoms with Gasteiger partial charge >= 0.3 is 0 Å². The van der Waals surface area contributed by atoms with Crippen molar-refractivity contribution in [3.05, 3.63) is 17.2 Å². The lowest BCUT2D eigenvalue weighted by molar-refractivity contribution is -0.116. The van der Waals surface area contributed by atoms with Gasteiger partial charge in [-0.15, -0.1) is 0 Å². The largest absolute Gasteiger partial charge is 0.454 e. The van der Waals surface area contributed by atoms with Gasteiger partial charge in [0.2, 0.25) is 12.7 Å². The molecule has 5 nitrogen and oxygen atoms in total. The Balaban J connectivity index is 1.58. The van der Waals surface area contributed by atoms with Crippen molar-refractivity contribution < 1.29 is 14.3 Å². The van der Waals surface area contributed by atoms with Gasteiger partial charge in [-0.3, -0.25) is 4.79 Å². The Kier molecular flexibility index (Phi) is 3.98. The first-order valence-electron chi connectivity index (χ1n) is 6.82. The first-order chi connectivity index (χ1) is 9.72. The van der Waals surface area contributed by atoms with E-state index < -0.39 is 0 Å². The number of halogens is 1. The molecule has 0 aliphatic carbocycles. The number of anilines is 1. The first-order valence-corrected chi connectivity index (χ1v) is 7.20. The lowest BCUT2D eigenvalue weighted by atomic mass is 10.0. The van der Waals surface area contributed by atoms with E-state index in [-0.39, 0.29) is 12.7 Å². The van der Waals surface area contributed by atoms with Gasteiger partial charge in [0.15, 0.2) is 11.5 Å². The van der Waals surface area contributed by atoms with E-state index >= 15 is 0 Å². The van der Waals surface area contributed by atoms with E-state index in [2.05, 4.69) is 10.6 Å². The molecule has 1 aromatic carbocycles. The van der Waals surface area contributed by atoms with Crippen molar-refractivity contribution in [3.8, 4) is 11.5 Å².